The van der Waals surface area contributed by atoms with E-state index in [9.17, 15) is 9.90 Å². The smallest absolute Gasteiger partial charge is 0.352 e. The maximum absolute atomic E-state index is 12.2. The first-order valence-electron chi connectivity index (χ1n) is 8.11. The lowest BCUT2D eigenvalue weighted by Gasteiger charge is -2.25. The monoisotopic (exact) mass is 352 g/mol. The minimum atomic E-state index is -1.18. The second-order valence-electron chi connectivity index (χ2n) is 5.51. The molecule has 0 saturated carbocycles. The molecule has 9 nitrogen and oxygen atoms in total. The van der Waals surface area contributed by atoms with Gasteiger partial charge in [-0.15, -0.1) is 0 Å². The number of nitrogens with zero attached hydrogens (tertiary/aromatic N) is 2. The van der Waals surface area contributed by atoms with E-state index in [1.807, 2.05) is 0 Å². The average molecular weight is 352 g/mol. The third kappa shape index (κ3) is 5.26. The Kier molecular flexibility index (Phi) is 7.36. The Labute approximate surface area is 145 Å². The van der Waals surface area contributed by atoms with Gasteiger partial charge in [-0.1, -0.05) is 5.92 Å². The molecule has 2 rings (SSSR count). The Bertz CT molecular complexity index is 668. The van der Waals surface area contributed by atoms with Gasteiger partial charge in [-0.2, -0.15) is 4.98 Å². The van der Waals surface area contributed by atoms with Gasteiger partial charge >= 0.3 is 5.69 Å². The Balaban J connectivity index is 2.05. The van der Waals surface area contributed by atoms with E-state index in [1.165, 1.54) is 16.8 Å². The summed E-state index contributed by atoms with van der Waals surface area (Å²) in [5.74, 6) is 5.94. The second kappa shape index (κ2) is 9.50. The number of anilines is 1. The molecule has 1 aromatic heterocycles. The number of ether oxygens (including phenoxy) is 3. The van der Waals surface area contributed by atoms with Crippen molar-refractivity contribution in [2.24, 2.45) is 5.73 Å². The van der Waals surface area contributed by atoms with Crippen molar-refractivity contribution in [2.45, 2.75) is 24.7 Å². The lowest BCUT2D eigenvalue weighted by Crippen LogP contribution is -2.41. The molecule has 1 saturated heterocycles. The first kappa shape index (κ1) is 19.4. The van der Waals surface area contributed by atoms with E-state index in [0.29, 0.717) is 39.2 Å². The van der Waals surface area contributed by atoms with Gasteiger partial charge in [0.15, 0.2) is 0 Å². The molecule has 2 heterocycles. The molecule has 0 bridgehead atoms. The molecule has 1 fully saturated rings. The van der Waals surface area contributed by atoms with Crippen LogP contribution in [0.4, 0.5) is 5.82 Å². The fourth-order valence-electron chi connectivity index (χ4n) is 2.50. The average Bonchev–Trinajstić information content (AvgIpc) is 3.01. The predicted octanol–water partition coefficient (Wildman–Crippen LogP) is -1.36. The van der Waals surface area contributed by atoms with E-state index < -0.39 is 11.4 Å². The second-order valence-corrected chi connectivity index (χ2v) is 5.51. The summed E-state index contributed by atoms with van der Waals surface area (Å²) in [5, 5.41) is 9.33. The topological polar surface area (TPSA) is 135 Å². The van der Waals surface area contributed by atoms with Crippen molar-refractivity contribution in [3.8, 4) is 11.8 Å². The zero-order valence-corrected chi connectivity index (χ0v) is 14.0. The maximum atomic E-state index is 12.2. The zero-order valence-electron chi connectivity index (χ0n) is 14.0. The lowest BCUT2D eigenvalue weighted by atomic mass is 10.1. The molecule has 5 N–H and O–H groups in total. The number of rotatable bonds is 8. The van der Waals surface area contributed by atoms with Gasteiger partial charge in [-0.3, -0.25) is 4.57 Å². The molecule has 1 aromatic rings. The quantitative estimate of drug-likeness (QED) is 0.386. The van der Waals surface area contributed by atoms with Crippen LogP contribution in [-0.4, -0.2) is 60.3 Å². The maximum Gasteiger partial charge on any atom is 0.352 e. The van der Waals surface area contributed by atoms with E-state index in [4.69, 9.17) is 25.7 Å². The highest BCUT2D eigenvalue weighted by molar-refractivity contribution is 5.25. The van der Waals surface area contributed by atoms with Crippen LogP contribution < -0.4 is 17.2 Å². The van der Waals surface area contributed by atoms with Gasteiger partial charge in [0.05, 0.1) is 32.5 Å². The normalized spacial score (nSPS) is 22.6. The highest BCUT2D eigenvalue weighted by Crippen LogP contribution is 2.33. The SMILES string of the molecule is NCCOCCOCC#C[C@]1(n2ccc(N)nc2=O)CC[C@@H](CO)O1. The number of aliphatic hydroxyl groups excluding tert-OH is 1. The molecule has 1 aliphatic heterocycles. The van der Waals surface area contributed by atoms with Crippen molar-refractivity contribution < 1.29 is 19.3 Å². The first-order chi connectivity index (χ1) is 12.1. The number of hydrogen-bond acceptors (Lipinski definition) is 8. The molecule has 25 heavy (non-hydrogen) atoms. The highest BCUT2D eigenvalue weighted by atomic mass is 16.5. The number of hydrogen-bond donors (Lipinski definition) is 3. The summed E-state index contributed by atoms with van der Waals surface area (Å²) in [6.07, 6.45) is 2.15. The summed E-state index contributed by atoms with van der Waals surface area (Å²) >= 11 is 0. The van der Waals surface area contributed by atoms with Gasteiger partial charge in [0.1, 0.15) is 12.4 Å². The van der Waals surface area contributed by atoms with Crippen LogP contribution in [0.15, 0.2) is 17.1 Å². The minimum Gasteiger partial charge on any atom is -0.394 e. The van der Waals surface area contributed by atoms with E-state index in [1.54, 1.807) is 0 Å². The van der Waals surface area contributed by atoms with Crippen LogP contribution in [0.25, 0.3) is 0 Å². The van der Waals surface area contributed by atoms with Gasteiger partial charge in [0.2, 0.25) is 5.72 Å². The summed E-state index contributed by atoms with van der Waals surface area (Å²) in [4.78, 5) is 15.9. The van der Waals surface area contributed by atoms with Crippen molar-refractivity contribution in [1.82, 2.24) is 9.55 Å². The largest absolute Gasteiger partial charge is 0.394 e. The van der Waals surface area contributed by atoms with E-state index in [2.05, 4.69) is 16.8 Å². The van der Waals surface area contributed by atoms with Crippen molar-refractivity contribution in [2.75, 3.05) is 45.3 Å². The van der Waals surface area contributed by atoms with Crippen LogP contribution in [0.2, 0.25) is 0 Å². The molecule has 9 heteroatoms. The summed E-state index contributed by atoms with van der Waals surface area (Å²) in [5.41, 5.74) is 9.12. The molecule has 2 atom stereocenters. The Hall–Kier alpha value is -1.96. The molecule has 0 aliphatic carbocycles. The molecular formula is C16H24N4O5. The molecule has 1 aliphatic rings. The zero-order chi connectivity index (χ0) is 18.1. The van der Waals surface area contributed by atoms with Crippen LogP contribution in [0.3, 0.4) is 0 Å². The molecule has 0 aromatic carbocycles. The van der Waals surface area contributed by atoms with E-state index >= 15 is 0 Å². The standard InChI is InChI=1S/C16H24N4O5/c17-6-9-24-11-10-23-8-1-4-16(5-2-13(12-21)25-16)20-7-3-14(18)19-15(20)22/h3,7,13,21H,2,5-6,8-12,17H2,(H2,18,19,22)/t13-,16+/m0/s1. The van der Waals surface area contributed by atoms with Crippen molar-refractivity contribution in [1.29, 1.82) is 0 Å². The van der Waals surface area contributed by atoms with Crippen molar-refractivity contribution in [3.63, 3.8) is 0 Å². The molecule has 0 radical (unpaired) electrons. The van der Waals surface area contributed by atoms with Crippen molar-refractivity contribution in [3.05, 3.63) is 22.7 Å². The first-order valence-corrected chi connectivity index (χ1v) is 8.11. The van der Waals surface area contributed by atoms with Gasteiger partial charge in [-0.05, 0) is 18.4 Å². The Morgan fingerprint density at radius 2 is 2.24 bits per heavy atom. The van der Waals surface area contributed by atoms with Crippen LogP contribution in [-0.2, 0) is 19.9 Å². The molecule has 0 unspecified atom stereocenters. The van der Waals surface area contributed by atoms with Crippen LogP contribution in [0.1, 0.15) is 12.8 Å². The van der Waals surface area contributed by atoms with Crippen molar-refractivity contribution >= 4 is 5.82 Å². The molecule has 138 valence electrons. The Morgan fingerprint density at radius 3 is 2.92 bits per heavy atom. The van der Waals surface area contributed by atoms with Crippen LogP contribution >= 0.6 is 0 Å². The van der Waals surface area contributed by atoms with Gasteiger partial charge in [0, 0.05) is 19.2 Å². The van der Waals surface area contributed by atoms with E-state index in [0.717, 1.165) is 0 Å². The molecular weight excluding hydrogens is 328 g/mol. The predicted molar refractivity (Wildman–Crippen MR) is 90.5 cm³/mol. The van der Waals surface area contributed by atoms with Gasteiger partial charge in [0.25, 0.3) is 0 Å². The van der Waals surface area contributed by atoms with Gasteiger partial charge in [-0.25, -0.2) is 4.79 Å². The van der Waals surface area contributed by atoms with Crippen LogP contribution in [0.5, 0.6) is 0 Å². The summed E-state index contributed by atoms with van der Waals surface area (Å²) in [6, 6.07) is 1.51. The van der Waals surface area contributed by atoms with E-state index in [-0.39, 0.29) is 25.1 Å². The number of aromatic nitrogens is 2. The number of aliphatic hydroxyl groups is 1. The Morgan fingerprint density at radius 1 is 1.44 bits per heavy atom. The van der Waals surface area contributed by atoms with Crippen LogP contribution in [0, 0.1) is 11.8 Å². The number of nitrogens with two attached hydrogens (primary N) is 2. The summed E-state index contributed by atoms with van der Waals surface area (Å²) in [6.45, 7) is 1.81. The summed E-state index contributed by atoms with van der Waals surface area (Å²) in [7, 11) is 0. The molecule has 0 spiro atoms. The third-order valence-corrected chi connectivity index (χ3v) is 3.68. The minimum absolute atomic E-state index is 0.127. The fraction of sp³-hybridized carbons (Fsp3) is 0.625. The van der Waals surface area contributed by atoms with Gasteiger partial charge < -0.3 is 30.8 Å². The highest BCUT2D eigenvalue weighted by Gasteiger charge is 2.41. The fourth-order valence-corrected chi connectivity index (χ4v) is 2.50. The summed E-state index contributed by atoms with van der Waals surface area (Å²) < 4.78 is 17.7. The third-order valence-electron chi connectivity index (χ3n) is 3.68. The molecule has 0 amide bonds. The lowest BCUT2D eigenvalue weighted by molar-refractivity contribution is -0.0727. The number of nitrogen functional groups attached to an aromatic ring is 1.